The quantitative estimate of drug-likeness (QED) is 0.751. The van der Waals surface area contributed by atoms with Crippen LogP contribution in [-0.4, -0.2) is 41.5 Å². The fraction of sp³-hybridized carbons (Fsp3) is 0.429. The Labute approximate surface area is 113 Å². The van der Waals surface area contributed by atoms with Crippen molar-refractivity contribution in [2.75, 3.05) is 25.0 Å². The summed E-state index contributed by atoms with van der Waals surface area (Å²) in [6.45, 7) is 3.75. The number of aliphatic carboxylic acids is 1. The van der Waals surface area contributed by atoms with Crippen molar-refractivity contribution in [3.05, 3.63) is 30.3 Å². The van der Waals surface area contributed by atoms with Gasteiger partial charge in [-0.25, -0.2) is 0 Å². The minimum absolute atomic E-state index is 0.0556. The molecule has 0 radical (unpaired) electrons. The molecule has 1 aromatic carbocycles. The Morgan fingerprint density at radius 1 is 1.16 bits per heavy atom. The predicted molar refractivity (Wildman–Crippen MR) is 74.1 cm³/mol. The summed E-state index contributed by atoms with van der Waals surface area (Å²) in [6.07, 6.45) is 0.469. The molecular formula is C14H20N2O3. The Kier molecular flexibility index (Phi) is 6.60. The van der Waals surface area contributed by atoms with Crippen molar-refractivity contribution < 1.29 is 14.7 Å². The number of hydrogen-bond acceptors (Lipinski definition) is 3. The van der Waals surface area contributed by atoms with Crippen molar-refractivity contribution in [3.8, 4) is 0 Å². The van der Waals surface area contributed by atoms with Gasteiger partial charge in [-0.2, -0.15) is 0 Å². The molecule has 19 heavy (non-hydrogen) atoms. The molecular weight excluding hydrogens is 244 g/mol. The second-order valence-electron chi connectivity index (χ2n) is 4.24. The van der Waals surface area contributed by atoms with Crippen molar-refractivity contribution in [2.24, 2.45) is 0 Å². The van der Waals surface area contributed by atoms with Crippen molar-refractivity contribution in [2.45, 2.75) is 19.8 Å². The molecule has 0 unspecified atom stereocenters. The van der Waals surface area contributed by atoms with E-state index in [0.29, 0.717) is 19.5 Å². The number of nitrogens with one attached hydrogen (secondary N) is 1. The Bertz CT molecular complexity index is 406. The van der Waals surface area contributed by atoms with Crippen molar-refractivity contribution in [1.82, 2.24) is 4.90 Å². The van der Waals surface area contributed by atoms with Gasteiger partial charge >= 0.3 is 5.97 Å². The lowest BCUT2D eigenvalue weighted by atomic mass is 10.3. The van der Waals surface area contributed by atoms with Gasteiger partial charge in [-0.3, -0.25) is 9.59 Å². The van der Waals surface area contributed by atoms with Gasteiger partial charge in [0.2, 0.25) is 5.91 Å². The van der Waals surface area contributed by atoms with Gasteiger partial charge in [0.1, 0.15) is 0 Å². The first kappa shape index (κ1) is 15.2. The normalized spacial score (nSPS) is 10.4. The summed E-state index contributed by atoms with van der Waals surface area (Å²) in [5, 5.41) is 11.4. The number of carboxylic acid groups (broad SMARTS) is 1. The summed E-state index contributed by atoms with van der Waals surface area (Å²) in [4.78, 5) is 24.2. The molecule has 0 fully saturated rings. The second kappa shape index (κ2) is 8.26. The Morgan fingerprint density at radius 2 is 1.79 bits per heavy atom. The highest BCUT2D eigenvalue weighted by atomic mass is 16.4. The molecule has 1 aromatic rings. The van der Waals surface area contributed by atoms with Crippen LogP contribution >= 0.6 is 0 Å². The van der Waals surface area contributed by atoms with Gasteiger partial charge in [0.15, 0.2) is 0 Å². The maximum absolute atomic E-state index is 11.7. The van der Waals surface area contributed by atoms with Gasteiger partial charge in [0.05, 0.1) is 6.42 Å². The van der Waals surface area contributed by atoms with Crippen LogP contribution in [0.4, 0.5) is 5.69 Å². The molecule has 0 aliphatic heterocycles. The lowest BCUT2D eigenvalue weighted by Crippen LogP contribution is -2.29. The van der Waals surface area contributed by atoms with Crippen LogP contribution in [0.2, 0.25) is 0 Å². The van der Waals surface area contributed by atoms with E-state index in [2.05, 4.69) is 5.32 Å². The zero-order valence-corrected chi connectivity index (χ0v) is 11.1. The third-order valence-corrected chi connectivity index (χ3v) is 2.80. The SMILES string of the molecule is CCN(CCC(=O)O)CCC(=O)Nc1ccccc1. The molecule has 2 N–H and O–H groups in total. The summed E-state index contributed by atoms with van der Waals surface area (Å²) in [5.41, 5.74) is 0.779. The molecule has 0 bridgehead atoms. The summed E-state index contributed by atoms with van der Waals surface area (Å²) >= 11 is 0. The van der Waals surface area contributed by atoms with E-state index < -0.39 is 5.97 Å². The zero-order valence-electron chi connectivity index (χ0n) is 11.1. The number of benzene rings is 1. The summed E-state index contributed by atoms with van der Waals surface area (Å²) in [6, 6.07) is 9.28. The van der Waals surface area contributed by atoms with Crippen LogP contribution in [0.15, 0.2) is 30.3 Å². The molecule has 0 aromatic heterocycles. The number of rotatable bonds is 8. The minimum atomic E-state index is -0.813. The number of carbonyl (C=O) groups is 2. The zero-order chi connectivity index (χ0) is 14.1. The Balaban J connectivity index is 2.30. The van der Waals surface area contributed by atoms with Crippen LogP contribution in [0.25, 0.3) is 0 Å². The standard InChI is InChI=1S/C14H20N2O3/c1-2-16(11-9-14(18)19)10-8-13(17)15-12-6-4-3-5-7-12/h3-7H,2,8-11H2,1H3,(H,15,17)(H,18,19). The first-order valence-corrected chi connectivity index (χ1v) is 6.41. The van der Waals surface area contributed by atoms with Crippen molar-refractivity contribution in [1.29, 1.82) is 0 Å². The molecule has 0 aliphatic carbocycles. The smallest absolute Gasteiger partial charge is 0.304 e. The molecule has 104 valence electrons. The summed E-state index contributed by atoms with van der Waals surface area (Å²) in [7, 11) is 0. The third-order valence-electron chi connectivity index (χ3n) is 2.80. The first-order valence-electron chi connectivity index (χ1n) is 6.41. The van der Waals surface area contributed by atoms with Gasteiger partial charge in [0.25, 0.3) is 0 Å². The van der Waals surface area contributed by atoms with E-state index in [-0.39, 0.29) is 12.3 Å². The maximum Gasteiger partial charge on any atom is 0.304 e. The molecule has 0 aliphatic rings. The van der Waals surface area contributed by atoms with Crippen LogP contribution in [0.1, 0.15) is 19.8 Å². The number of anilines is 1. The molecule has 0 spiro atoms. The van der Waals surface area contributed by atoms with Crippen LogP contribution in [0, 0.1) is 0 Å². The van der Waals surface area contributed by atoms with Gasteiger partial charge in [-0.1, -0.05) is 25.1 Å². The number of hydrogen-bond donors (Lipinski definition) is 2. The van der Waals surface area contributed by atoms with Crippen LogP contribution in [-0.2, 0) is 9.59 Å². The molecule has 5 nitrogen and oxygen atoms in total. The number of para-hydroxylation sites is 1. The lowest BCUT2D eigenvalue weighted by molar-refractivity contribution is -0.137. The van der Waals surface area contributed by atoms with E-state index in [1.165, 1.54) is 0 Å². The average Bonchev–Trinajstić information content (AvgIpc) is 2.39. The monoisotopic (exact) mass is 264 g/mol. The average molecular weight is 264 g/mol. The number of carboxylic acids is 1. The molecule has 1 amide bonds. The van der Waals surface area contributed by atoms with Crippen molar-refractivity contribution >= 4 is 17.6 Å². The van der Waals surface area contributed by atoms with E-state index in [4.69, 9.17) is 5.11 Å². The largest absolute Gasteiger partial charge is 0.481 e. The molecule has 0 atom stereocenters. The highest BCUT2D eigenvalue weighted by Crippen LogP contribution is 2.05. The van der Waals surface area contributed by atoms with Crippen LogP contribution in [0.3, 0.4) is 0 Å². The van der Waals surface area contributed by atoms with E-state index >= 15 is 0 Å². The van der Waals surface area contributed by atoms with Gasteiger partial charge in [-0.05, 0) is 18.7 Å². The van der Waals surface area contributed by atoms with E-state index in [1.54, 1.807) is 0 Å². The molecule has 0 heterocycles. The van der Waals surface area contributed by atoms with Gasteiger partial charge in [0, 0.05) is 25.2 Å². The maximum atomic E-state index is 11.7. The molecule has 0 saturated heterocycles. The van der Waals surface area contributed by atoms with E-state index in [0.717, 1.165) is 12.2 Å². The fourth-order valence-electron chi connectivity index (χ4n) is 1.69. The van der Waals surface area contributed by atoms with Crippen molar-refractivity contribution in [3.63, 3.8) is 0 Å². The number of nitrogens with zero attached hydrogens (tertiary/aromatic N) is 1. The summed E-state index contributed by atoms with van der Waals surface area (Å²) < 4.78 is 0. The van der Waals surface area contributed by atoms with Crippen LogP contribution < -0.4 is 5.32 Å². The topological polar surface area (TPSA) is 69.6 Å². The molecule has 1 rings (SSSR count). The number of amides is 1. The van der Waals surface area contributed by atoms with E-state index in [1.807, 2.05) is 42.2 Å². The molecule has 5 heteroatoms. The van der Waals surface area contributed by atoms with Gasteiger partial charge < -0.3 is 15.3 Å². The first-order chi connectivity index (χ1) is 9.11. The molecule has 0 saturated carbocycles. The number of carbonyl (C=O) groups excluding carboxylic acids is 1. The predicted octanol–water partition coefficient (Wildman–Crippen LogP) is 1.81. The lowest BCUT2D eigenvalue weighted by Gasteiger charge is -2.18. The third kappa shape index (κ3) is 6.57. The van der Waals surface area contributed by atoms with Gasteiger partial charge in [-0.15, -0.1) is 0 Å². The highest BCUT2D eigenvalue weighted by molar-refractivity contribution is 5.90. The van der Waals surface area contributed by atoms with E-state index in [9.17, 15) is 9.59 Å². The highest BCUT2D eigenvalue weighted by Gasteiger charge is 2.08. The fourth-order valence-corrected chi connectivity index (χ4v) is 1.69. The minimum Gasteiger partial charge on any atom is -0.481 e. The van der Waals surface area contributed by atoms with Crippen LogP contribution in [0.5, 0.6) is 0 Å². The Hall–Kier alpha value is -1.88. The summed E-state index contributed by atoms with van der Waals surface area (Å²) in [5.74, 6) is -0.868. The Morgan fingerprint density at radius 3 is 2.37 bits per heavy atom. The second-order valence-corrected chi connectivity index (χ2v) is 4.24.